The Hall–Kier alpha value is -3.63. The predicted molar refractivity (Wildman–Crippen MR) is 133 cm³/mol. The van der Waals surface area contributed by atoms with Crippen molar-refractivity contribution in [3.8, 4) is 0 Å². The second-order valence-corrected chi connectivity index (χ2v) is 10.7. The first-order chi connectivity index (χ1) is 17.4. The smallest absolute Gasteiger partial charge is 0.289 e. The summed E-state index contributed by atoms with van der Waals surface area (Å²) >= 11 is 0. The van der Waals surface area contributed by atoms with Crippen LogP contribution in [0.5, 0.6) is 0 Å². The number of pyridine rings is 1. The highest BCUT2D eigenvalue weighted by molar-refractivity contribution is 6.38. The van der Waals surface area contributed by atoms with E-state index in [2.05, 4.69) is 26.3 Å². The molecule has 2 heterocycles. The third-order valence-corrected chi connectivity index (χ3v) is 6.06. The van der Waals surface area contributed by atoms with Crippen LogP contribution in [0.25, 0.3) is 6.08 Å². The van der Waals surface area contributed by atoms with Gasteiger partial charge in [-0.05, 0) is 55.7 Å². The Morgan fingerprint density at radius 3 is 2.43 bits per heavy atom. The maximum Gasteiger partial charge on any atom is 0.289 e. The molecule has 2 aliphatic rings. The molecule has 2 fully saturated rings. The summed E-state index contributed by atoms with van der Waals surface area (Å²) in [5.74, 6) is -4.07. The molecular weight excluding hydrogens is 481 g/mol. The largest absolute Gasteiger partial charge is 0.356 e. The second-order valence-electron chi connectivity index (χ2n) is 10.7. The van der Waals surface area contributed by atoms with Gasteiger partial charge in [-0.2, -0.15) is 0 Å². The first-order valence-corrected chi connectivity index (χ1v) is 12.4. The van der Waals surface area contributed by atoms with Gasteiger partial charge in [-0.1, -0.05) is 20.8 Å². The van der Waals surface area contributed by atoms with Gasteiger partial charge in [-0.25, -0.2) is 4.39 Å². The maximum atomic E-state index is 13.3. The van der Waals surface area contributed by atoms with Gasteiger partial charge in [-0.15, -0.1) is 0 Å². The van der Waals surface area contributed by atoms with Crippen molar-refractivity contribution >= 4 is 35.5 Å². The molecule has 0 radical (unpaired) electrons. The van der Waals surface area contributed by atoms with Gasteiger partial charge < -0.3 is 21.3 Å². The Morgan fingerprint density at radius 2 is 1.86 bits per heavy atom. The van der Waals surface area contributed by atoms with Crippen LogP contribution in [-0.2, 0) is 24.0 Å². The molecule has 10 nitrogen and oxygen atoms in total. The molecule has 1 saturated heterocycles. The number of nitrogens with one attached hydrogen (secondary N) is 4. The highest BCUT2D eigenvalue weighted by atomic mass is 19.1. The van der Waals surface area contributed by atoms with E-state index >= 15 is 0 Å². The van der Waals surface area contributed by atoms with Crippen molar-refractivity contribution in [1.29, 1.82) is 0 Å². The molecule has 4 N–H and O–H groups in total. The number of nitrogens with zero attached hydrogens (tertiary/aromatic N) is 1. The van der Waals surface area contributed by atoms with Crippen LogP contribution in [0, 0.1) is 17.2 Å². The lowest BCUT2D eigenvalue weighted by molar-refractivity contribution is -0.141. The van der Waals surface area contributed by atoms with Crippen LogP contribution in [0.1, 0.15) is 58.6 Å². The summed E-state index contributed by atoms with van der Waals surface area (Å²) in [6.07, 6.45) is 5.89. The minimum Gasteiger partial charge on any atom is -0.356 e. The summed E-state index contributed by atoms with van der Waals surface area (Å²) in [5.41, 5.74) is -0.0123. The van der Waals surface area contributed by atoms with E-state index in [-0.39, 0.29) is 30.2 Å². The molecular formula is C26H34FN5O5. The van der Waals surface area contributed by atoms with E-state index in [1.807, 2.05) is 20.8 Å². The Kier molecular flexibility index (Phi) is 9.12. The van der Waals surface area contributed by atoms with Gasteiger partial charge >= 0.3 is 0 Å². The molecule has 11 heteroatoms. The van der Waals surface area contributed by atoms with Crippen molar-refractivity contribution < 1.29 is 28.4 Å². The van der Waals surface area contributed by atoms with Crippen molar-refractivity contribution in [2.45, 2.75) is 71.0 Å². The topological polar surface area (TPSA) is 146 Å². The van der Waals surface area contributed by atoms with Crippen molar-refractivity contribution in [2.24, 2.45) is 11.3 Å². The first kappa shape index (κ1) is 27.9. The molecule has 1 unspecified atom stereocenters. The van der Waals surface area contributed by atoms with Crippen molar-refractivity contribution in [3.63, 3.8) is 0 Å². The number of hydrogen-bond donors (Lipinski definition) is 4. The van der Waals surface area contributed by atoms with Gasteiger partial charge in [0.15, 0.2) is 0 Å². The zero-order valence-electron chi connectivity index (χ0n) is 21.3. The van der Waals surface area contributed by atoms with E-state index in [1.165, 1.54) is 24.3 Å². The molecule has 37 heavy (non-hydrogen) atoms. The van der Waals surface area contributed by atoms with Crippen LogP contribution in [0.15, 0.2) is 24.4 Å². The summed E-state index contributed by atoms with van der Waals surface area (Å²) in [5, 5.41) is 10.6. The predicted octanol–water partition coefficient (Wildman–Crippen LogP) is 1.01. The summed E-state index contributed by atoms with van der Waals surface area (Å²) < 4.78 is 13.0. The zero-order valence-corrected chi connectivity index (χ0v) is 21.3. The Morgan fingerprint density at radius 1 is 1.14 bits per heavy atom. The molecule has 3 rings (SSSR count). The maximum absolute atomic E-state index is 13.3. The standard InChI is InChI=1S/C26H34FN5O5/c1-26(2,3)13-20(31-21(33)9-8-17-5-4-16(27)14-29-17)24(36)32-19(12-15-10-11-28-23(15)35)22(34)25(37)30-18-6-7-18/h4-5,8-9,14-15,18-20H,6-7,10-13H2,1-3H3,(H,28,35)(H,30,37)(H,31,33)(H,32,36)/b9-8+/t15-,19?,20-/m0/s1. The molecule has 0 spiro atoms. The average molecular weight is 516 g/mol. The molecule has 4 amide bonds. The van der Waals surface area contributed by atoms with Gasteiger partial charge in [0.25, 0.3) is 5.91 Å². The van der Waals surface area contributed by atoms with E-state index in [0.717, 1.165) is 19.0 Å². The Bertz CT molecular complexity index is 1060. The zero-order chi connectivity index (χ0) is 27.2. The molecule has 1 saturated carbocycles. The average Bonchev–Trinajstić information content (AvgIpc) is 3.55. The SMILES string of the molecule is CC(C)(C)C[C@H](NC(=O)/C=C/c1ccc(F)cn1)C(=O)NC(C[C@@H]1CCNC1=O)C(=O)C(=O)NC1CC1. The molecule has 1 aromatic heterocycles. The van der Waals surface area contributed by atoms with Gasteiger partial charge in [0.05, 0.1) is 17.9 Å². The van der Waals surface area contributed by atoms with Crippen LogP contribution in [0.4, 0.5) is 4.39 Å². The fourth-order valence-electron chi connectivity index (χ4n) is 3.99. The van der Waals surface area contributed by atoms with E-state index in [0.29, 0.717) is 18.7 Å². The third kappa shape index (κ3) is 9.07. The first-order valence-electron chi connectivity index (χ1n) is 12.4. The number of Topliss-reactive ketones (excluding diaryl/α,β-unsaturated/α-hetero) is 1. The number of carbonyl (C=O) groups excluding carboxylic acids is 5. The number of amides is 4. The summed E-state index contributed by atoms with van der Waals surface area (Å²) in [4.78, 5) is 67.3. The number of carbonyl (C=O) groups is 5. The highest BCUT2D eigenvalue weighted by Crippen LogP contribution is 2.23. The van der Waals surface area contributed by atoms with E-state index in [1.54, 1.807) is 0 Å². The molecule has 3 atom stereocenters. The van der Waals surface area contributed by atoms with Crippen LogP contribution in [0.3, 0.4) is 0 Å². The number of halogens is 1. The normalized spacial score (nSPS) is 19.1. The van der Waals surface area contributed by atoms with Crippen LogP contribution in [-0.4, -0.2) is 59.1 Å². The Labute approximate surface area is 215 Å². The minimum atomic E-state index is -1.21. The summed E-state index contributed by atoms with van der Waals surface area (Å²) in [6.45, 7) is 6.15. The van der Waals surface area contributed by atoms with Crippen molar-refractivity contribution in [3.05, 3.63) is 35.9 Å². The highest BCUT2D eigenvalue weighted by Gasteiger charge is 2.37. The fourth-order valence-corrected chi connectivity index (χ4v) is 3.99. The molecule has 1 aliphatic heterocycles. The van der Waals surface area contributed by atoms with E-state index in [9.17, 15) is 28.4 Å². The number of rotatable bonds is 11. The molecule has 0 bridgehead atoms. The fraction of sp³-hybridized carbons (Fsp3) is 0.538. The van der Waals surface area contributed by atoms with E-state index < -0.39 is 47.3 Å². The lowest BCUT2D eigenvalue weighted by Gasteiger charge is -2.28. The molecule has 0 aromatic carbocycles. The van der Waals surface area contributed by atoms with Crippen molar-refractivity contribution in [2.75, 3.05) is 6.54 Å². The number of aromatic nitrogens is 1. The van der Waals surface area contributed by atoms with Crippen LogP contribution >= 0.6 is 0 Å². The third-order valence-electron chi connectivity index (χ3n) is 6.06. The second kappa shape index (κ2) is 12.1. The van der Waals surface area contributed by atoms with Gasteiger partial charge in [0, 0.05) is 24.6 Å². The summed E-state index contributed by atoms with van der Waals surface area (Å²) in [7, 11) is 0. The lowest BCUT2D eigenvalue weighted by Crippen LogP contribution is -2.55. The quantitative estimate of drug-likeness (QED) is 0.256. The summed E-state index contributed by atoms with van der Waals surface area (Å²) in [6, 6.07) is 0.344. The minimum absolute atomic E-state index is 0.0131. The van der Waals surface area contributed by atoms with Gasteiger partial charge in [0.1, 0.15) is 11.9 Å². The van der Waals surface area contributed by atoms with Crippen LogP contribution in [0.2, 0.25) is 0 Å². The molecule has 1 aliphatic carbocycles. The van der Waals surface area contributed by atoms with Crippen LogP contribution < -0.4 is 21.3 Å². The monoisotopic (exact) mass is 515 g/mol. The van der Waals surface area contributed by atoms with Gasteiger partial charge in [0.2, 0.25) is 23.5 Å². The molecule has 1 aromatic rings. The Balaban J connectivity index is 1.72. The van der Waals surface area contributed by atoms with Gasteiger partial charge in [-0.3, -0.25) is 29.0 Å². The van der Waals surface area contributed by atoms with E-state index in [4.69, 9.17) is 0 Å². The van der Waals surface area contributed by atoms with Crippen molar-refractivity contribution in [1.82, 2.24) is 26.3 Å². The number of ketones is 1. The molecule has 200 valence electrons. The lowest BCUT2D eigenvalue weighted by atomic mass is 9.87. The number of hydrogen-bond acceptors (Lipinski definition) is 6.